The molecule has 3 N–H and O–H groups in total. The first-order chi connectivity index (χ1) is 18.1. The van der Waals surface area contributed by atoms with E-state index in [1.807, 2.05) is 35.8 Å². The van der Waals surface area contributed by atoms with Crippen LogP contribution in [0.1, 0.15) is 25.3 Å². The zero-order valence-corrected chi connectivity index (χ0v) is 22.5. The number of hydrogen-bond donors (Lipinski definition) is 3. The number of nitrogens with one attached hydrogen (secondary N) is 3. The van der Waals surface area contributed by atoms with Gasteiger partial charge < -0.3 is 34.9 Å². The van der Waals surface area contributed by atoms with Crippen molar-refractivity contribution in [1.82, 2.24) is 20.1 Å². The molecule has 0 aliphatic carbocycles. The number of urea groups is 1. The van der Waals surface area contributed by atoms with Crippen molar-refractivity contribution in [3.8, 4) is 11.5 Å². The van der Waals surface area contributed by atoms with Crippen molar-refractivity contribution in [3.63, 3.8) is 0 Å². The second kappa shape index (κ2) is 13.0. The smallest absolute Gasteiger partial charge is 0.319 e. The number of likely N-dealkylation sites (tertiary alicyclic amines) is 1. The monoisotopic (exact) mass is 541 g/mol. The molecule has 10 heteroatoms. The number of carbonyl (C=O) groups excluding carboxylic acids is 1. The van der Waals surface area contributed by atoms with Crippen molar-refractivity contribution in [1.29, 1.82) is 0 Å². The third-order valence-electron chi connectivity index (χ3n) is 7.05. The van der Waals surface area contributed by atoms with E-state index in [4.69, 9.17) is 9.47 Å². The molecular formula is C28H36ClN5O4. The van der Waals surface area contributed by atoms with Crippen LogP contribution in [0.4, 0.5) is 10.5 Å². The van der Waals surface area contributed by atoms with Gasteiger partial charge in [0.1, 0.15) is 13.2 Å². The maximum absolute atomic E-state index is 12.7. The minimum Gasteiger partial charge on any atom is -0.486 e. The number of fused-ring (bicyclic) bond motifs is 2. The Hall–Kier alpha value is -3.27. The number of piperidine rings is 1. The standard InChI is InChI=1S/C28H35N5O4.ClH/c1-2-29-28(35)31-23-4-3-5-24-22(23)7-9-27(34)33(24)15-14-32-12-10-21(11-13-32)30-19-20-6-8-25-26(18-20)37-17-16-36-25;/h3-9,18,21,30H,2,10-17,19H2,1H3,(H2,29,31,35);1H. The third-order valence-corrected chi connectivity index (χ3v) is 7.05. The number of benzene rings is 2. The van der Waals surface area contributed by atoms with Crippen LogP contribution in [-0.4, -0.2) is 60.9 Å². The highest BCUT2D eigenvalue weighted by atomic mass is 35.5. The topological polar surface area (TPSA) is 96.9 Å². The van der Waals surface area contributed by atoms with Gasteiger partial charge in [-0.05, 0) is 68.8 Å². The Morgan fingerprint density at radius 3 is 2.58 bits per heavy atom. The zero-order valence-electron chi connectivity index (χ0n) is 21.7. The van der Waals surface area contributed by atoms with Gasteiger partial charge in [0.05, 0.1) is 11.2 Å². The summed E-state index contributed by atoms with van der Waals surface area (Å²) in [5.74, 6) is 1.65. The molecule has 3 aromatic rings. The van der Waals surface area contributed by atoms with E-state index in [1.54, 1.807) is 12.1 Å². The number of carbonyl (C=O) groups is 1. The maximum Gasteiger partial charge on any atom is 0.319 e. The predicted molar refractivity (Wildman–Crippen MR) is 152 cm³/mol. The number of nitrogens with zero attached hydrogens (tertiary/aromatic N) is 2. The van der Waals surface area contributed by atoms with Crippen LogP contribution in [0.2, 0.25) is 0 Å². The van der Waals surface area contributed by atoms with Crippen LogP contribution in [-0.2, 0) is 13.1 Å². The molecule has 0 bridgehead atoms. The molecule has 5 rings (SSSR count). The van der Waals surface area contributed by atoms with Gasteiger partial charge in [0.2, 0.25) is 0 Å². The van der Waals surface area contributed by atoms with E-state index in [9.17, 15) is 9.59 Å². The second-order valence-electron chi connectivity index (χ2n) is 9.52. The number of halogens is 1. The molecule has 0 spiro atoms. The summed E-state index contributed by atoms with van der Waals surface area (Å²) in [5.41, 5.74) is 2.70. The highest BCUT2D eigenvalue weighted by Crippen LogP contribution is 2.30. The summed E-state index contributed by atoms with van der Waals surface area (Å²) in [7, 11) is 0. The molecule has 3 heterocycles. The van der Waals surface area contributed by atoms with Crippen molar-refractivity contribution in [2.24, 2.45) is 0 Å². The molecule has 1 aromatic heterocycles. The fourth-order valence-corrected chi connectivity index (χ4v) is 5.06. The van der Waals surface area contributed by atoms with Gasteiger partial charge >= 0.3 is 6.03 Å². The van der Waals surface area contributed by atoms with E-state index < -0.39 is 0 Å². The molecule has 2 aliphatic heterocycles. The van der Waals surface area contributed by atoms with Gasteiger partial charge in [0, 0.05) is 43.7 Å². The highest BCUT2D eigenvalue weighted by Gasteiger charge is 2.20. The SMILES string of the molecule is CCNC(=O)Nc1cccc2c1ccc(=O)n2CCN1CCC(NCc2ccc3c(c2)OCCO3)CC1.Cl. The fourth-order valence-electron chi connectivity index (χ4n) is 5.06. The first-order valence-corrected chi connectivity index (χ1v) is 13.1. The lowest BCUT2D eigenvalue weighted by molar-refractivity contribution is 0.171. The van der Waals surface area contributed by atoms with Crippen LogP contribution in [0.25, 0.3) is 10.9 Å². The Morgan fingerprint density at radius 1 is 1.00 bits per heavy atom. The molecule has 2 aromatic carbocycles. The molecule has 0 saturated carbocycles. The molecule has 204 valence electrons. The summed E-state index contributed by atoms with van der Waals surface area (Å²) in [6, 6.07) is 15.4. The van der Waals surface area contributed by atoms with Crippen LogP contribution >= 0.6 is 12.4 Å². The number of pyridine rings is 1. The number of rotatable bonds is 8. The Bertz CT molecular complexity index is 1310. The second-order valence-corrected chi connectivity index (χ2v) is 9.52. The Labute approximate surface area is 228 Å². The number of amides is 2. The van der Waals surface area contributed by atoms with E-state index in [0.717, 1.165) is 61.4 Å². The summed E-state index contributed by atoms with van der Waals surface area (Å²) < 4.78 is 13.1. The number of aromatic nitrogens is 1. The fraction of sp³-hybridized carbons (Fsp3) is 0.429. The van der Waals surface area contributed by atoms with Gasteiger partial charge in [-0.15, -0.1) is 12.4 Å². The zero-order chi connectivity index (χ0) is 25.6. The van der Waals surface area contributed by atoms with E-state index in [0.29, 0.717) is 38.0 Å². The van der Waals surface area contributed by atoms with Gasteiger partial charge in [-0.3, -0.25) is 4.79 Å². The Kier molecular flexibility index (Phi) is 9.49. The predicted octanol–water partition coefficient (Wildman–Crippen LogP) is 3.59. The van der Waals surface area contributed by atoms with Gasteiger partial charge in [0.15, 0.2) is 11.5 Å². The average Bonchev–Trinajstić information content (AvgIpc) is 2.92. The van der Waals surface area contributed by atoms with Gasteiger partial charge in [0.25, 0.3) is 5.56 Å². The lowest BCUT2D eigenvalue weighted by atomic mass is 10.0. The molecule has 0 atom stereocenters. The van der Waals surface area contributed by atoms with E-state index in [2.05, 4.69) is 33.0 Å². The number of anilines is 1. The summed E-state index contributed by atoms with van der Waals surface area (Å²) in [6.45, 7) is 7.82. The maximum atomic E-state index is 12.7. The molecule has 2 amide bonds. The van der Waals surface area contributed by atoms with Crippen LogP contribution < -0.4 is 31.0 Å². The molecule has 2 aliphatic rings. The summed E-state index contributed by atoms with van der Waals surface area (Å²) in [6.07, 6.45) is 2.13. The minimum atomic E-state index is -0.252. The first-order valence-electron chi connectivity index (χ1n) is 13.1. The van der Waals surface area contributed by atoms with E-state index >= 15 is 0 Å². The van der Waals surface area contributed by atoms with Crippen molar-refractivity contribution >= 4 is 35.0 Å². The van der Waals surface area contributed by atoms with Crippen LogP contribution in [0, 0.1) is 0 Å². The van der Waals surface area contributed by atoms with Crippen molar-refractivity contribution in [3.05, 3.63) is 64.4 Å². The summed E-state index contributed by atoms with van der Waals surface area (Å²) >= 11 is 0. The third kappa shape index (κ3) is 6.59. The van der Waals surface area contributed by atoms with E-state index in [1.165, 1.54) is 5.56 Å². The minimum absolute atomic E-state index is 0. The summed E-state index contributed by atoms with van der Waals surface area (Å²) in [4.78, 5) is 27.2. The lowest BCUT2D eigenvalue weighted by Gasteiger charge is -2.32. The number of hydrogen-bond acceptors (Lipinski definition) is 6. The molecule has 1 fully saturated rings. The largest absolute Gasteiger partial charge is 0.486 e. The van der Waals surface area contributed by atoms with Crippen molar-refractivity contribution in [2.45, 2.75) is 38.9 Å². The van der Waals surface area contributed by atoms with Crippen LogP contribution in [0.5, 0.6) is 11.5 Å². The quantitative estimate of drug-likeness (QED) is 0.403. The Balaban J connectivity index is 0.00000336. The molecule has 0 unspecified atom stereocenters. The normalized spacial score (nSPS) is 15.6. The number of ether oxygens (including phenoxy) is 2. The molecule has 1 saturated heterocycles. The van der Waals surface area contributed by atoms with Crippen molar-refractivity contribution < 1.29 is 14.3 Å². The van der Waals surface area contributed by atoms with Gasteiger partial charge in [-0.1, -0.05) is 12.1 Å². The van der Waals surface area contributed by atoms with Crippen LogP contribution in [0.15, 0.2) is 53.3 Å². The average molecular weight is 542 g/mol. The van der Waals surface area contributed by atoms with Crippen molar-refractivity contribution in [2.75, 3.05) is 44.7 Å². The van der Waals surface area contributed by atoms with Gasteiger partial charge in [-0.25, -0.2) is 4.79 Å². The molecular weight excluding hydrogens is 506 g/mol. The van der Waals surface area contributed by atoms with E-state index in [-0.39, 0.29) is 24.0 Å². The van der Waals surface area contributed by atoms with Crippen LogP contribution in [0.3, 0.4) is 0 Å². The summed E-state index contributed by atoms with van der Waals surface area (Å²) in [5, 5.41) is 10.2. The van der Waals surface area contributed by atoms with Gasteiger partial charge in [-0.2, -0.15) is 0 Å². The molecule has 38 heavy (non-hydrogen) atoms. The molecule has 9 nitrogen and oxygen atoms in total. The Morgan fingerprint density at radius 2 is 1.79 bits per heavy atom. The molecule has 0 radical (unpaired) electrons. The first kappa shape index (κ1) is 27.8. The highest BCUT2D eigenvalue weighted by molar-refractivity contribution is 6.00. The lowest BCUT2D eigenvalue weighted by Crippen LogP contribution is -2.43.